The molecule has 1 unspecified atom stereocenters. The Bertz CT molecular complexity index is 336. The molecule has 1 atom stereocenters. The Morgan fingerprint density at radius 1 is 1.64 bits per heavy atom. The van der Waals surface area contributed by atoms with Gasteiger partial charge in [-0.25, -0.2) is 4.98 Å². The van der Waals surface area contributed by atoms with Crippen molar-refractivity contribution in [3.05, 3.63) is 22.8 Å². The number of hydrogen-bond acceptors (Lipinski definition) is 2. The van der Waals surface area contributed by atoms with Crippen molar-refractivity contribution in [2.45, 2.75) is 20.3 Å². The van der Waals surface area contributed by atoms with Gasteiger partial charge in [0.15, 0.2) is 0 Å². The first-order chi connectivity index (χ1) is 6.59. The lowest BCUT2D eigenvalue weighted by Crippen LogP contribution is -2.08. The standard InChI is InChI=1S/C11H15BrN2/c1-11(2)6-8(11)7-14-10-9(12)4-3-5-13-10/h3-5,8H,6-7H2,1-2H3,(H,13,14). The molecule has 0 amide bonds. The molecule has 0 spiro atoms. The fourth-order valence-electron chi connectivity index (χ4n) is 1.66. The van der Waals surface area contributed by atoms with Crippen LogP contribution < -0.4 is 5.32 Å². The first-order valence-corrected chi connectivity index (χ1v) is 5.73. The van der Waals surface area contributed by atoms with Crippen LogP contribution in [0.15, 0.2) is 22.8 Å². The number of nitrogens with zero attached hydrogens (tertiary/aromatic N) is 1. The molecule has 2 nitrogen and oxygen atoms in total. The van der Waals surface area contributed by atoms with E-state index in [0.717, 1.165) is 22.8 Å². The van der Waals surface area contributed by atoms with Gasteiger partial charge < -0.3 is 5.32 Å². The SMILES string of the molecule is CC1(C)CC1CNc1ncccc1Br. The highest BCUT2D eigenvalue weighted by molar-refractivity contribution is 9.10. The van der Waals surface area contributed by atoms with Crippen LogP contribution in [0, 0.1) is 11.3 Å². The normalized spacial score (nSPS) is 23.2. The van der Waals surface area contributed by atoms with Crippen molar-refractivity contribution in [2.75, 3.05) is 11.9 Å². The van der Waals surface area contributed by atoms with Gasteiger partial charge in [0, 0.05) is 12.7 Å². The summed E-state index contributed by atoms with van der Waals surface area (Å²) in [6.45, 7) is 5.65. The Kier molecular flexibility index (Phi) is 2.52. The number of halogens is 1. The maximum Gasteiger partial charge on any atom is 0.140 e. The fourth-order valence-corrected chi connectivity index (χ4v) is 2.06. The predicted molar refractivity (Wildman–Crippen MR) is 62.3 cm³/mol. The average molecular weight is 255 g/mol. The molecule has 0 bridgehead atoms. The van der Waals surface area contributed by atoms with Crippen molar-refractivity contribution in [1.82, 2.24) is 4.98 Å². The zero-order chi connectivity index (χ0) is 10.2. The minimum absolute atomic E-state index is 0.536. The first-order valence-electron chi connectivity index (χ1n) is 4.94. The van der Waals surface area contributed by atoms with E-state index in [1.165, 1.54) is 6.42 Å². The minimum atomic E-state index is 0.536. The molecule has 2 rings (SSSR count). The van der Waals surface area contributed by atoms with Gasteiger partial charge in [-0.3, -0.25) is 0 Å². The summed E-state index contributed by atoms with van der Waals surface area (Å²) in [5.41, 5.74) is 0.536. The summed E-state index contributed by atoms with van der Waals surface area (Å²) in [4.78, 5) is 4.27. The number of hydrogen-bond donors (Lipinski definition) is 1. The van der Waals surface area contributed by atoms with Crippen LogP contribution in [0.25, 0.3) is 0 Å². The molecule has 0 saturated heterocycles. The minimum Gasteiger partial charge on any atom is -0.369 e. The van der Waals surface area contributed by atoms with Crippen molar-refractivity contribution in [2.24, 2.45) is 11.3 Å². The van der Waals surface area contributed by atoms with Crippen molar-refractivity contribution in [3.8, 4) is 0 Å². The highest BCUT2D eigenvalue weighted by Crippen LogP contribution is 2.51. The third-order valence-electron chi connectivity index (χ3n) is 2.99. The number of nitrogens with one attached hydrogen (secondary N) is 1. The lowest BCUT2D eigenvalue weighted by molar-refractivity contribution is 0.573. The van der Waals surface area contributed by atoms with Gasteiger partial charge in [-0.05, 0) is 45.8 Å². The quantitative estimate of drug-likeness (QED) is 0.896. The molecule has 1 aliphatic rings. The second kappa shape index (κ2) is 3.54. The van der Waals surface area contributed by atoms with E-state index in [1.807, 2.05) is 18.3 Å². The number of pyridine rings is 1. The Morgan fingerprint density at radius 3 is 2.93 bits per heavy atom. The summed E-state index contributed by atoms with van der Waals surface area (Å²) in [7, 11) is 0. The fraction of sp³-hybridized carbons (Fsp3) is 0.545. The van der Waals surface area contributed by atoms with Crippen molar-refractivity contribution in [1.29, 1.82) is 0 Å². The number of anilines is 1. The zero-order valence-electron chi connectivity index (χ0n) is 8.55. The van der Waals surface area contributed by atoms with E-state index in [9.17, 15) is 0 Å². The summed E-state index contributed by atoms with van der Waals surface area (Å²) in [5.74, 6) is 1.76. The van der Waals surface area contributed by atoms with E-state index in [-0.39, 0.29) is 0 Å². The molecule has 3 heteroatoms. The summed E-state index contributed by atoms with van der Waals surface area (Å²) < 4.78 is 1.04. The van der Waals surface area contributed by atoms with Gasteiger partial charge in [-0.1, -0.05) is 13.8 Å². The van der Waals surface area contributed by atoms with E-state index < -0.39 is 0 Å². The molecule has 1 heterocycles. The summed E-state index contributed by atoms with van der Waals surface area (Å²) in [6.07, 6.45) is 3.13. The Morgan fingerprint density at radius 2 is 2.36 bits per heavy atom. The van der Waals surface area contributed by atoms with Crippen LogP contribution in [0.1, 0.15) is 20.3 Å². The van der Waals surface area contributed by atoms with E-state index in [0.29, 0.717) is 5.41 Å². The third kappa shape index (κ3) is 2.08. The highest BCUT2D eigenvalue weighted by atomic mass is 79.9. The number of rotatable bonds is 3. The molecule has 0 aliphatic heterocycles. The molecule has 0 aromatic carbocycles. The summed E-state index contributed by atoms with van der Waals surface area (Å²) >= 11 is 3.47. The molecule has 1 saturated carbocycles. The smallest absolute Gasteiger partial charge is 0.140 e. The molecular weight excluding hydrogens is 240 g/mol. The molecule has 76 valence electrons. The van der Waals surface area contributed by atoms with E-state index in [4.69, 9.17) is 0 Å². The van der Waals surface area contributed by atoms with Gasteiger partial charge in [-0.15, -0.1) is 0 Å². The molecule has 1 aliphatic carbocycles. The first kappa shape index (κ1) is 9.97. The van der Waals surface area contributed by atoms with Gasteiger partial charge in [0.2, 0.25) is 0 Å². The van der Waals surface area contributed by atoms with E-state index >= 15 is 0 Å². The second-order valence-electron chi connectivity index (χ2n) is 4.60. The zero-order valence-corrected chi connectivity index (χ0v) is 10.1. The lowest BCUT2D eigenvalue weighted by atomic mass is 10.1. The van der Waals surface area contributed by atoms with Crippen LogP contribution in [0.4, 0.5) is 5.82 Å². The third-order valence-corrected chi connectivity index (χ3v) is 3.63. The van der Waals surface area contributed by atoms with Crippen LogP contribution in [0.3, 0.4) is 0 Å². The van der Waals surface area contributed by atoms with Gasteiger partial charge in [0.05, 0.1) is 4.47 Å². The van der Waals surface area contributed by atoms with Crippen LogP contribution in [0.5, 0.6) is 0 Å². The molecule has 1 N–H and O–H groups in total. The Labute approximate surface area is 93.3 Å². The highest BCUT2D eigenvalue weighted by Gasteiger charge is 2.44. The molecule has 14 heavy (non-hydrogen) atoms. The number of aromatic nitrogens is 1. The average Bonchev–Trinajstić information content (AvgIpc) is 2.73. The van der Waals surface area contributed by atoms with Gasteiger partial charge >= 0.3 is 0 Å². The lowest BCUT2D eigenvalue weighted by Gasteiger charge is -2.07. The second-order valence-corrected chi connectivity index (χ2v) is 5.46. The van der Waals surface area contributed by atoms with Gasteiger partial charge in [0.1, 0.15) is 5.82 Å². The predicted octanol–water partition coefficient (Wildman–Crippen LogP) is 3.30. The summed E-state index contributed by atoms with van der Waals surface area (Å²) in [5, 5.41) is 3.37. The van der Waals surface area contributed by atoms with Crippen LogP contribution in [0.2, 0.25) is 0 Å². The largest absolute Gasteiger partial charge is 0.369 e. The molecule has 1 fully saturated rings. The maximum absolute atomic E-state index is 4.27. The Hall–Kier alpha value is -0.570. The van der Waals surface area contributed by atoms with Crippen molar-refractivity contribution < 1.29 is 0 Å². The van der Waals surface area contributed by atoms with E-state index in [2.05, 4.69) is 40.1 Å². The molecular formula is C11H15BrN2. The molecule has 1 aromatic rings. The Balaban J connectivity index is 1.90. The van der Waals surface area contributed by atoms with E-state index in [1.54, 1.807) is 0 Å². The van der Waals surface area contributed by atoms with Gasteiger partial charge in [0.25, 0.3) is 0 Å². The van der Waals surface area contributed by atoms with Crippen LogP contribution in [-0.2, 0) is 0 Å². The van der Waals surface area contributed by atoms with Crippen molar-refractivity contribution >= 4 is 21.7 Å². The topological polar surface area (TPSA) is 24.9 Å². The monoisotopic (exact) mass is 254 g/mol. The van der Waals surface area contributed by atoms with Gasteiger partial charge in [-0.2, -0.15) is 0 Å². The molecule has 0 radical (unpaired) electrons. The van der Waals surface area contributed by atoms with Crippen molar-refractivity contribution in [3.63, 3.8) is 0 Å². The van der Waals surface area contributed by atoms with Crippen LogP contribution >= 0.6 is 15.9 Å². The summed E-state index contributed by atoms with van der Waals surface area (Å²) in [6, 6.07) is 3.93. The molecule has 1 aromatic heterocycles. The maximum atomic E-state index is 4.27. The van der Waals surface area contributed by atoms with Crippen LogP contribution in [-0.4, -0.2) is 11.5 Å².